The molecule has 1 aromatic heterocycles. The van der Waals surface area contributed by atoms with Gasteiger partial charge in [0.2, 0.25) is 5.91 Å². The number of hydrogen-bond acceptors (Lipinski definition) is 4. The maximum atomic E-state index is 13.5. The van der Waals surface area contributed by atoms with Gasteiger partial charge >= 0.3 is 6.18 Å². The van der Waals surface area contributed by atoms with Crippen LogP contribution in [-0.4, -0.2) is 38.6 Å². The zero-order valence-corrected chi connectivity index (χ0v) is 13.6. The van der Waals surface area contributed by atoms with E-state index in [1.807, 2.05) is 0 Å². The van der Waals surface area contributed by atoms with Crippen LogP contribution in [0.1, 0.15) is 24.0 Å². The Kier molecular flexibility index (Phi) is 4.78. The molecule has 3 rings (SSSR count). The Morgan fingerprint density at radius 1 is 1.19 bits per heavy atom. The fourth-order valence-electron chi connectivity index (χ4n) is 2.72. The fourth-order valence-corrected chi connectivity index (χ4v) is 2.72. The third kappa shape index (κ3) is 3.45. The molecule has 26 heavy (non-hydrogen) atoms. The molecular weight excluding hydrogens is 347 g/mol. The molecule has 0 saturated carbocycles. The Balaban J connectivity index is 1.85. The summed E-state index contributed by atoms with van der Waals surface area (Å²) in [6.45, 7) is 0. The van der Waals surface area contributed by atoms with Gasteiger partial charge in [-0.25, -0.2) is 0 Å². The van der Waals surface area contributed by atoms with Gasteiger partial charge in [-0.1, -0.05) is 36.4 Å². The molecule has 0 bridgehead atoms. The van der Waals surface area contributed by atoms with E-state index in [-0.39, 0.29) is 23.6 Å². The average Bonchev–Trinajstić information content (AvgIpc) is 3.00. The number of rotatable bonds is 4. The van der Waals surface area contributed by atoms with Crippen LogP contribution < -0.4 is 0 Å². The second kappa shape index (κ2) is 6.87. The maximum absolute atomic E-state index is 13.5. The van der Waals surface area contributed by atoms with Crippen molar-refractivity contribution in [2.45, 2.75) is 31.2 Å². The van der Waals surface area contributed by atoms with Crippen LogP contribution in [0, 0.1) is 0 Å². The first-order valence-corrected chi connectivity index (χ1v) is 7.95. The van der Waals surface area contributed by atoms with Crippen molar-refractivity contribution in [2.24, 2.45) is 5.10 Å². The molecule has 0 fully saturated rings. The van der Waals surface area contributed by atoms with E-state index in [4.69, 9.17) is 0 Å². The molecule has 1 amide bonds. The molecule has 0 aliphatic carbocycles. The lowest BCUT2D eigenvalue weighted by atomic mass is 10.0. The van der Waals surface area contributed by atoms with Gasteiger partial charge in [0.1, 0.15) is 0 Å². The standard InChI is InChI=1S/C18H16F3N3O2/c19-18(20,21)17(26)11-15(14-7-4-10-22-12-14)23-24(17)16(25)9-8-13-5-2-1-3-6-13/h1-7,10,12,26H,8-9,11H2/t17-/m1/s1. The van der Waals surface area contributed by atoms with Gasteiger partial charge in [0.05, 0.1) is 12.1 Å². The van der Waals surface area contributed by atoms with E-state index in [1.165, 1.54) is 18.5 Å². The van der Waals surface area contributed by atoms with Gasteiger partial charge < -0.3 is 5.11 Å². The Morgan fingerprint density at radius 2 is 1.92 bits per heavy atom. The number of hydrogen-bond donors (Lipinski definition) is 1. The highest BCUT2D eigenvalue weighted by Gasteiger charge is 2.63. The van der Waals surface area contributed by atoms with Crippen LogP contribution in [0.2, 0.25) is 0 Å². The Bertz CT molecular complexity index is 809. The molecule has 1 aliphatic heterocycles. The molecular formula is C18H16F3N3O2. The molecule has 0 radical (unpaired) electrons. The molecule has 1 atom stereocenters. The number of halogens is 3. The first-order valence-electron chi connectivity index (χ1n) is 7.95. The first-order chi connectivity index (χ1) is 12.3. The number of alkyl halides is 3. The summed E-state index contributed by atoms with van der Waals surface area (Å²) < 4.78 is 40.4. The van der Waals surface area contributed by atoms with E-state index < -0.39 is 24.2 Å². The summed E-state index contributed by atoms with van der Waals surface area (Å²) in [5.74, 6) is -0.896. The molecule has 1 aromatic carbocycles. The quantitative estimate of drug-likeness (QED) is 0.908. The molecule has 136 valence electrons. The van der Waals surface area contributed by atoms with Crippen LogP contribution >= 0.6 is 0 Å². The lowest BCUT2D eigenvalue weighted by molar-refractivity contribution is -0.302. The highest BCUT2D eigenvalue weighted by molar-refractivity contribution is 6.03. The van der Waals surface area contributed by atoms with Crippen molar-refractivity contribution in [1.29, 1.82) is 0 Å². The number of carbonyl (C=O) groups excluding carboxylic acids is 1. The number of aliphatic hydroxyl groups is 1. The number of hydrazone groups is 1. The molecule has 2 heterocycles. The van der Waals surface area contributed by atoms with E-state index in [0.717, 1.165) is 5.56 Å². The van der Waals surface area contributed by atoms with Gasteiger partial charge in [-0.15, -0.1) is 0 Å². The van der Waals surface area contributed by atoms with Crippen molar-refractivity contribution in [3.63, 3.8) is 0 Å². The molecule has 0 spiro atoms. The number of pyridine rings is 1. The largest absolute Gasteiger partial charge is 0.438 e. The number of carbonyl (C=O) groups is 1. The second-order valence-corrected chi connectivity index (χ2v) is 5.97. The summed E-state index contributed by atoms with van der Waals surface area (Å²) in [5.41, 5.74) is -2.25. The number of benzene rings is 1. The lowest BCUT2D eigenvalue weighted by Crippen LogP contribution is -2.56. The lowest BCUT2D eigenvalue weighted by Gasteiger charge is -2.32. The van der Waals surface area contributed by atoms with E-state index >= 15 is 0 Å². The number of amides is 1. The van der Waals surface area contributed by atoms with E-state index in [1.54, 1.807) is 36.4 Å². The van der Waals surface area contributed by atoms with Crippen LogP contribution in [-0.2, 0) is 11.2 Å². The van der Waals surface area contributed by atoms with E-state index in [9.17, 15) is 23.1 Å². The summed E-state index contributed by atoms with van der Waals surface area (Å²) >= 11 is 0. The van der Waals surface area contributed by atoms with E-state index in [2.05, 4.69) is 10.1 Å². The SMILES string of the molecule is O=C(CCc1ccccc1)N1N=C(c2cccnc2)C[C@@]1(O)C(F)(F)F. The van der Waals surface area contributed by atoms with Crippen LogP contribution in [0.15, 0.2) is 60.0 Å². The average molecular weight is 363 g/mol. The van der Waals surface area contributed by atoms with E-state index in [0.29, 0.717) is 5.56 Å². The minimum absolute atomic E-state index is 0.0361. The highest BCUT2D eigenvalue weighted by atomic mass is 19.4. The Hall–Kier alpha value is -2.74. The summed E-state index contributed by atoms with van der Waals surface area (Å²) in [5, 5.41) is 14.2. The topological polar surface area (TPSA) is 65.8 Å². The minimum atomic E-state index is -5.04. The molecule has 5 nitrogen and oxygen atoms in total. The summed E-state index contributed by atoms with van der Waals surface area (Å²) in [6.07, 6.45) is -3.01. The van der Waals surface area contributed by atoms with Crippen molar-refractivity contribution in [3.8, 4) is 0 Å². The highest BCUT2D eigenvalue weighted by Crippen LogP contribution is 2.41. The summed E-state index contributed by atoms with van der Waals surface area (Å²) in [7, 11) is 0. The molecule has 0 unspecified atom stereocenters. The van der Waals surface area contributed by atoms with Gasteiger partial charge in [-0.2, -0.15) is 23.3 Å². The molecule has 1 N–H and O–H groups in total. The first kappa shape index (κ1) is 18.1. The Labute approximate surface area is 147 Å². The fraction of sp³-hybridized carbons (Fsp3) is 0.278. The van der Waals surface area contributed by atoms with Crippen LogP contribution in [0.5, 0.6) is 0 Å². The van der Waals surface area contributed by atoms with Crippen molar-refractivity contribution >= 4 is 11.6 Å². The van der Waals surface area contributed by atoms with Gasteiger partial charge in [0, 0.05) is 24.4 Å². The smallest absolute Gasteiger partial charge is 0.362 e. The normalized spacial score (nSPS) is 20.2. The predicted octanol–water partition coefficient (Wildman–Crippen LogP) is 2.90. The van der Waals surface area contributed by atoms with Crippen LogP contribution in [0.4, 0.5) is 13.2 Å². The second-order valence-electron chi connectivity index (χ2n) is 5.97. The Morgan fingerprint density at radius 3 is 2.54 bits per heavy atom. The zero-order valence-electron chi connectivity index (χ0n) is 13.6. The van der Waals surface area contributed by atoms with Crippen molar-refractivity contribution in [2.75, 3.05) is 0 Å². The molecule has 2 aromatic rings. The molecule has 0 saturated heterocycles. The summed E-state index contributed by atoms with van der Waals surface area (Å²) in [4.78, 5) is 16.2. The van der Waals surface area contributed by atoms with Crippen molar-refractivity contribution < 1.29 is 23.1 Å². The monoisotopic (exact) mass is 363 g/mol. The maximum Gasteiger partial charge on any atom is 0.438 e. The molecule has 1 aliphatic rings. The number of aromatic nitrogens is 1. The number of aryl methyl sites for hydroxylation is 1. The minimum Gasteiger partial charge on any atom is -0.362 e. The number of nitrogens with zero attached hydrogens (tertiary/aromatic N) is 3. The third-order valence-electron chi connectivity index (χ3n) is 4.14. The third-order valence-corrected chi connectivity index (χ3v) is 4.14. The van der Waals surface area contributed by atoms with Gasteiger partial charge in [-0.3, -0.25) is 9.78 Å². The van der Waals surface area contributed by atoms with Crippen LogP contribution in [0.3, 0.4) is 0 Å². The van der Waals surface area contributed by atoms with Crippen LogP contribution in [0.25, 0.3) is 0 Å². The van der Waals surface area contributed by atoms with Gasteiger partial charge in [0.25, 0.3) is 5.72 Å². The summed E-state index contributed by atoms with van der Waals surface area (Å²) in [6, 6.07) is 12.0. The van der Waals surface area contributed by atoms with Gasteiger partial charge in [0.15, 0.2) is 0 Å². The van der Waals surface area contributed by atoms with Crippen molar-refractivity contribution in [1.82, 2.24) is 9.99 Å². The molecule has 8 heteroatoms. The van der Waals surface area contributed by atoms with Gasteiger partial charge in [-0.05, 0) is 18.1 Å². The zero-order chi connectivity index (χ0) is 18.8. The van der Waals surface area contributed by atoms with Crippen molar-refractivity contribution in [3.05, 3.63) is 66.0 Å². The predicted molar refractivity (Wildman–Crippen MR) is 88.0 cm³/mol.